The summed E-state index contributed by atoms with van der Waals surface area (Å²) in [4.78, 5) is 13.8. The third-order valence-corrected chi connectivity index (χ3v) is 2.72. The summed E-state index contributed by atoms with van der Waals surface area (Å²) in [6, 6.07) is 2.17. The Morgan fingerprint density at radius 3 is 2.73 bits per heavy atom. The molecule has 0 N–H and O–H groups in total. The van der Waals surface area contributed by atoms with E-state index in [0.717, 1.165) is 0 Å². The maximum absolute atomic E-state index is 12.0. The van der Waals surface area contributed by atoms with Gasteiger partial charge in [-0.3, -0.25) is 4.79 Å². The summed E-state index contributed by atoms with van der Waals surface area (Å²) in [5, 5.41) is 8.96. The van der Waals surface area contributed by atoms with Crippen LogP contribution in [0.15, 0.2) is 0 Å². The van der Waals surface area contributed by atoms with Gasteiger partial charge in [0.25, 0.3) is 0 Å². The summed E-state index contributed by atoms with van der Waals surface area (Å²) < 4.78 is 5.26. The molecule has 1 heterocycles. The molecule has 2 atom stereocenters. The van der Waals surface area contributed by atoms with E-state index in [1.807, 2.05) is 20.8 Å². The number of ether oxygens (including phenoxy) is 1. The van der Waals surface area contributed by atoms with Crippen LogP contribution in [0.5, 0.6) is 0 Å². The molecule has 0 aliphatic carbocycles. The number of nitrogens with zero attached hydrogens (tertiary/aromatic N) is 2. The maximum atomic E-state index is 12.0. The summed E-state index contributed by atoms with van der Waals surface area (Å²) in [5.41, 5.74) is 0. The molecule has 0 aromatic rings. The second kappa shape index (κ2) is 5.13. The van der Waals surface area contributed by atoms with Gasteiger partial charge >= 0.3 is 0 Å². The quantitative estimate of drug-likeness (QED) is 0.684. The number of amides is 1. The van der Waals surface area contributed by atoms with Gasteiger partial charge in [0.05, 0.1) is 25.3 Å². The molecule has 0 spiro atoms. The SMILES string of the molecule is CC(C)C(C#N)C(=O)N1CCOCC1C. The molecule has 15 heavy (non-hydrogen) atoms. The number of morpholine rings is 1. The van der Waals surface area contributed by atoms with Gasteiger partial charge in [-0.25, -0.2) is 0 Å². The molecule has 4 heteroatoms. The van der Waals surface area contributed by atoms with E-state index in [-0.39, 0.29) is 17.9 Å². The fraction of sp³-hybridized carbons (Fsp3) is 0.818. The lowest BCUT2D eigenvalue weighted by Gasteiger charge is -2.35. The minimum absolute atomic E-state index is 0.0525. The molecule has 84 valence electrons. The summed E-state index contributed by atoms with van der Waals surface area (Å²) in [6.45, 7) is 7.50. The number of carbonyl (C=O) groups excluding carboxylic acids is 1. The zero-order chi connectivity index (χ0) is 11.4. The van der Waals surface area contributed by atoms with E-state index in [0.29, 0.717) is 19.8 Å². The number of hydrogen-bond acceptors (Lipinski definition) is 3. The van der Waals surface area contributed by atoms with Crippen molar-refractivity contribution in [3.8, 4) is 6.07 Å². The summed E-state index contributed by atoms with van der Waals surface area (Å²) in [6.07, 6.45) is 0. The molecule has 1 aliphatic heterocycles. The zero-order valence-electron chi connectivity index (χ0n) is 9.56. The first-order valence-electron chi connectivity index (χ1n) is 5.35. The number of carbonyl (C=O) groups is 1. The molecule has 0 aromatic heterocycles. The van der Waals surface area contributed by atoms with Crippen molar-refractivity contribution in [3.05, 3.63) is 0 Å². The van der Waals surface area contributed by atoms with Gasteiger partial charge in [-0.1, -0.05) is 13.8 Å². The van der Waals surface area contributed by atoms with E-state index in [1.165, 1.54) is 0 Å². The average molecular weight is 210 g/mol. The number of hydrogen-bond donors (Lipinski definition) is 0. The van der Waals surface area contributed by atoms with Crippen molar-refractivity contribution in [1.29, 1.82) is 5.26 Å². The molecule has 0 aromatic carbocycles. The molecular weight excluding hydrogens is 192 g/mol. The number of rotatable bonds is 2. The largest absolute Gasteiger partial charge is 0.377 e. The van der Waals surface area contributed by atoms with E-state index in [4.69, 9.17) is 10.00 Å². The van der Waals surface area contributed by atoms with Crippen LogP contribution in [0, 0.1) is 23.2 Å². The van der Waals surface area contributed by atoms with E-state index >= 15 is 0 Å². The molecule has 0 bridgehead atoms. The third-order valence-electron chi connectivity index (χ3n) is 2.72. The topological polar surface area (TPSA) is 53.3 Å². The second-order valence-electron chi connectivity index (χ2n) is 4.31. The minimum Gasteiger partial charge on any atom is -0.377 e. The van der Waals surface area contributed by atoms with Crippen molar-refractivity contribution in [2.24, 2.45) is 11.8 Å². The van der Waals surface area contributed by atoms with Gasteiger partial charge in [0.1, 0.15) is 5.92 Å². The maximum Gasteiger partial charge on any atom is 0.240 e. The van der Waals surface area contributed by atoms with Crippen LogP contribution in [0.1, 0.15) is 20.8 Å². The molecule has 4 nitrogen and oxygen atoms in total. The standard InChI is InChI=1S/C11H18N2O2/c1-8(2)10(6-12)11(14)13-4-5-15-7-9(13)3/h8-10H,4-5,7H2,1-3H3. The Morgan fingerprint density at radius 2 is 2.27 bits per heavy atom. The first kappa shape index (κ1) is 12.0. The summed E-state index contributed by atoms with van der Waals surface area (Å²) in [5.74, 6) is -0.508. The second-order valence-corrected chi connectivity index (χ2v) is 4.31. The smallest absolute Gasteiger partial charge is 0.240 e. The average Bonchev–Trinajstić information content (AvgIpc) is 2.18. The Kier molecular flexibility index (Phi) is 4.10. The van der Waals surface area contributed by atoms with Gasteiger partial charge in [-0.05, 0) is 12.8 Å². The van der Waals surface area contributed by atoms with Crippen LogP contribution in [-0.2, 0) is 9.53 Å². The molecule has 1 amide bonds. The van der Waals surface area contributed by atoms with Gasteiger partial charge in [-0.15, -0.1) is 0 Å². The molecular formula is C11H18N2O2. The Hall–Kier alpha value is -1.08. The van der Waals surface area contributed by atoms with Gasteiger partial charge in [-0.2, -0.15) is 5.26 Å². The van der Waals surface area contributed by atoms with Gasteiger partial charge in [0.15, 0.2) is 0 Å². The molecule has 0 radical (unpaired) electrons. The molecule has 1 saturated heterocycles. The Bertz CT molecular complexity index is 270. The molecule has 0 saturated carbocycles. The normalized spacial score (nSPS) is 23.7. The lowest BCUT2D eigenvalue weighted by Crippen LogP contribution is -2.49. The van der Waals surface area contributed by atoms with Gasteiger partial charge < -0.3 is 9.64 Å². The van der Waals surface area contributed by atoms with Crippen LogP contribution in [-0.4, -0.2) is 36.6 Å². The summed E-state index contributed by atoms with van der Waals surface area (Å²) in [7, 11) is 0. The highest BCUT2D eigenvalue weighted by molar-refractivity contribution is 5.81. The Labute approximate surface area is 90.8 Å². The monoisotopic (exact) mass is 210 g/mol. The zero-order valence-corrected chi connectivity index (χ0v) is 9.56. The lowest BCUT2D eigenvalue weighted by atomic mass is 9.95. The van der Waals surface area contributed by atoms with Crippen LogP contribution in [0.3, 0.4) is 0 Å². The highest BCUT2D eigenvalue weighted by atomic mass is 16.5. The third kappa shape index (κ3) is 2.69. The highest BCUT2D eigenvalue weighted by Crippen LogP contribution is 2.17. The molecule has 1 fully saturated rings. The van der Waals surface area contributed by atoms with Gasteiger partial charge in [0.2, 0.25) is 5.91 Å². The lowest BCUT2D eigenvalue weighted by molar-refractivity contribution is -0.142. The fourth-order valence-corrected chi connectivity index (χ4v) is 1.72. The Morgan fingerprint density at radius 1 is 1.60 bits per heavy atom. The molecule has 1 rings (SSSR count). The van der Waals surface area contributed by atoms with Crippen molar-refractivity contribution in [2.45, 2.75) is 26.8 Å². The van der Waals surface area contributed by atoms with E-state index < -0.39 is 5.92 Å². The van der Waals surface area contributed by atoms with Crippen LogP contribution in [0.25, 0.3) is 0 Å². The van der Waals surface area contributed by atoms with Crippen molar-refractivity contribution < 1.29 is 9.53 Å². The van der Waals surface area contributed by atoms with Crippen LogP contribution >= 0.6 is 0 Å². The van der Waals surface area contributed by atoms with Crippen molar-refractivity contribution in [2.75, 3.05) is 19.8 Å². The molecule has 1 aliphatic rings. The predicted octanol–water partition coefficient (Wildman–Crippen LogP) is 1.03. The van der Waals surface area contributed by atoms with Crippen LogP contribution < -0.4 is 0 Å². The van der Waals surface area contributed by atoms with E-state index in [1.54, 1.807) is 4.90 Å². The first-order valence-corrected chi connectivity index (χ1v) is 5.35. The van der Waals surface area contributed by atoms with Crippen molar-refractivity contribution >= 4 is 5.91 Å². The minimum atomic E-state index is -0.523. The summed E-state index contributed by atoms with van der Waals surface area (Å²) >= 11 is 0. The highest BCUT2D eigenvalue weighted by Gasteiger charge is 2.31. The van der Waals surface area contributed by atoms with E-state index in [2.05, 4.69) is 6.07 Å². The van der Waals surface area contributed by atoms with Crippen LogP contribution in [0.4, 0.5) is 0 Å². The number of nitriles is 1. The van der Waals surface area contributed by atoms with Crippen molar-refractivity contribution in [1.82, 2.24) is 4.90 Å². The fourth-order valence-electron chi connectivity index (χ4n) is 1.72. The Balaban J connectivity index is 2.69. The first-order chi connectivity index (χ1) is 7.07. The van der Waals surface area contributed by atoms with Crippen LogP contribution in [0.2, 0.25) is 0 Å². The predicted molar refractivity (Wildman–Crippen MR) is 55.9 cm³/mol. The van der Waals surface area contributed by atoms with Crippen molar-refractivity contribution in [3.63, 3.8) is 0 Å². The van der Waals surface area contributed by atoms with E-state index in [9.17, 15) is 4.79 Å². The van der Waals surface area contributed by atoms with Gasteiger partial charge in [0, 0.05) is 6.54 Å². The molecule has 2 unspecified atom stereocenters.